The Morgan fingerprint density at radius 2 is 2.31 bits per heavy atom. The molecule has 2 heterocycles. The molecule has 16 heavy (non-hydrogen) atoms. The van der Waals surface area contributed by atoms with Gasteiger partial charge in [0.2, 0.25) is 0 Å². The maximum Gasteiger partial charge on any atom is 0.333 e. The molecular weight excluding hydrogens is 230 g/mol. The molecule has 0 amide bonds. The molecule has 2 aromatic rings. The fraction of sp³-hybridized carbons (Fsp3) is 0.222. The molecule has 0 saturated heterocycles. The van der Waals surface area contributed by atoms with E-state index in [0.717, 1.165) is 16.6 Å². The maximum atomic E-state index is 10.7. The third kappa shape index (κ3) is 2.21. The Balaban J connectivity index is 2.38. The van der Waals surface area contributed by atoms with Crippen LogP contribution in [-0.2, 0) is 28.1 Å². The molecule has 0 aliphatic carbocycles. The third-order valence-corrected chi connectivity index (χ3v) is 2.64. The largest absolute Gasteiger partial charge is 0.335 e. The summed E-state index contributed by atoms with van der Waals surface area (Å²) < 4.78 is 27.7. The van der Waals surface area contributed by atoms with Crippen LogP contribution < -0.4 is 5.14 Å². The van der Waals surface area contributed by atoms with E-state index in [1.54, 1.807) is 23.0 Å². The Hall–Kier alpha value is -1.44. The predicted octanol–water partition coefficient (Wildman–Crippen LogP) is 0.293. The van der Waals surface area contributed by atoms with Crippen molar-refractivity contribution in [2.45, 2.75) is 6.61 Å². The molecule has 0 saturated carbocycles. The molecule has 7 heteroatoms. The average molecular weight is 241 g/mol. The number of nitrogens with zero attached hydrogens (tertiary/aromatic N) is 2. The predicted molar refractivity (Wildman–Crippen MR) is 58.6 cm³/mol. The third-order valence-electron chi connectivity index (χ3n) is 2.19. The fourth-order valence-electron chi connectivity index (χ4n) is 1.55. The normalized spacial score (nSPS) is 12.1. The van der Waals surface area contributed by atoms with Crippen LogP contribution >= 0.6 is 0 Å². The standard InChI is InChI=1S/C9H11N3O3S/c1-12-5-7(6-15-16(10,13)14)8-3-2-4-11-9(8)12/h2-5H,6H2,1H3,(H2,10,13,14). The first kappa shape index (κ1) is 11.1. The topological polar surface area (TPSA) is 87.2 Å². The summed E-state index contributed by atoms with van der Waals surface area (Å²) in [5, 5.41) is 5.62. The zero-order valence-corrected chi connectivity index (χ0v) is 9.44. The second-order valence-corrected chi connectivity index (χ2v) is 4.62. The fourth-order valence-corrected chi connectivity index (χ4v) is 1.84. The molecule has 0 atom stereocenters. The molecule has 0 bridgehead atoms. The van der Waals surface area contributed by atoms with Crippen molar-refractivity contribution in [2.75, 3.05) is 0 Å². The van der Waals surface area contributed by atoms with Crippen molar-refractivity contribution in [3.63, 3.8) is 0 Å². The van der Waals surface area contributed by atoms with Crippen LogP contribution in [0.25, 0.3) is 11.0 Å². The molecule has 6 nitrogen and oxygen atoms in total. The van der Waals surface area contributed by atoms with Gasteiger partial charge in [0.05, 0.1) is 6.61 Å². The van der Waals surface area contributed by atoms with Gasteiger partial charge < -0.3 is 4.57 Å². The van der Waals surface area contributed by atoms with Crippen molar-refractivity contribution in [1.29, 1.82) is 0 Å². The summed E-state index contributed by atoms with van der Waals surface area (Å²) >= 11 is 0. The highest BCUT2D eigenvalue weighted by atomic mass is 32.2. The minimum atomic E-state index is -3.91. The van der Waals surface area contributed by atoms with Crippen molar-refractivity contribution in [2.24, 2.45) is 12.2 Å². The maximum absolute atomic E-state index is 10.7. The highest BCUT2D eigenvalue weighted by Crippen LogP contribution is 2.19. The van der Waals surface area contributed by atoms with E-state index >= 15 is 0 Å². The smallest absolute Gasteiger partial charge is 0.333 e. The summed E-state index contributed by atoms with van der Waals surface area (Å²) in [6.07, 6.45) is 3.44. The number of aromatic nitrogens is 2. The summed E-state index contributed by atoms with van der Waals surface area (Å²) in [6.45, 7) is -0.0815. The first-order valence-corrected chi connectivity index (χ1v) is 6.00. The molecule has 2 N–H and O–H groups in total. The van der Waals surface area contributed by atoms with Crippen LogP contribution in [0.1, 0.15) is 5.56 Å². The number of fused-ring (bicyclic) bond motifs is 1. The lowest BCUT2D eigenvalue weighted by atomic mass is 10.2. The van der Waals surface area contributed by atoms with Crippen molar-refractivity contribution < 1.29 is 12.6 Å². The minimum absolute atomic E-state index is 0.0815. The molecule has 0 aromatic carbocycles. The van der Waals surface area contributed by atoms with Crippen LogP contribution in [-0.4, -0.2) is 18.0 Å². The van der Waals surface area contributed by atoms with Gasteiger partial charge in [0.15, 0.2) is 0 Å². The number of pyridine rings is 1. The van der Waals surface area contributed by atoms with Gasteiger partial charge in [-0.3, -0.25) is 4.18 Å². The summed E-state index contributed by atoms with van der Waals surface area (Å²) in [7, 11) is -2.08. The van der Waals surface area contributed by atoms with Crippen LogP contribution in [0.5, 0.6) is 0 Å². The lowest BCUT2D eigenvalue weighted by Gasteiger charge is -1.98. The Kier molecular flexibility index (Phi) is 2.66. The molecule has 0 spiro atoms. The van der Waals surface area contributed by atoms with Gasteiger partial charge in [-0.1, -0.05) is 0 Å². The molecule has 2 aromatic heterocycles. The second-order valence-electron chi connectivity index (χ2n) is 3.39. The van der Waals surface area contributed by atoms with E-state index in [0.29, 0.717) is 0 Å². The minimum Gasteiger partial charge on any atom is -0.335 e. The van der Waals surface area contributed by atoms with Crippen LogP contribution in [0.2, 0.25) is 0 Å². The SMILES string of the molecule is Cn1cc(COS(N)(=O)=O)c2cccnc21. The van der Waals surface area contributed by atoms with Crippen LogP contribution in [0.3, 0.4) is 0 Å². The van der Waals surface area contributed by atoms with Crippen LogP contribution in [0.4, 0.5) is 0 Å². The van der Waals surface area contributed by atoms with E-state index in [-0.39, 0.29) is 6.61 Å². The zero-order valence-electron chi connectivity index (χ0n) is 8.62. The van der Waals surface area contributed by atoms with E-state index in [1.165, 1.54) is 0 Å². The van der Waals surface area contributed by atoms with E-state index in [9.17, 15) is 8.42 Å². The molecule has 0 fully saturated rings. The van der Waals surface area contributed by atoms with Gasteiger partial charge in [0.1, 0.15) is 5.65 Å². The van der Waals surface area contributed by atoms with E-state index in [1.807, 2.05) is 13.1 Å². The number of hydrogen-bond acceptors (Lipinski definition) is 4. The lowest BCUT2D eigenvalue weighted by molar-refractivity contribution is 0.309. The second kappa shape index (κ2) is 3.85. The first-order chi connectivity index (χ1) is 7.47. The van der Waals surface area contributed by atoms with E-state index in [2.05, 4.69) is 9.17 Å². The number of rotatable bonds is 3. The van der Waals surface area contributed by atoms with Gasteiger partial charge in [0.25, 0.3) is 0 Å². The lowest BCUT2D eigenvalue weighted by Crippen LogP contribution is -2.15. The van der Waals surface area contributed by atoms with E-state index in [4.69, 9.17) is 5.14 Å². The van der Waals surface area contributed by atoms with Gasteiger partial charge in [-0.15, -0.1) is 0 Å². The van der Waals surface area contributed by atoms with Crippen molar-refractivity contribution in [3.05, 3.63) is 30.1 Å². The summed E-state index contributed by atoms with van der Waals surface area (Å²) in [4.78, 5) is 4.17. The number of nitrogens with two attached hydrogens (primary N) is 1. The van der Waals surface area contributed by atoms with Gasteiger partial charge in [0, 0.05) is 30.4 Å². The Morgan fingerprint density at radius 1 is 1.56 bits per heavy atom. The highest BCUT2D eigenvalue weighted by molar-refractivity contribution is 7.84. The molecule has 0 aliphatic rings. The Labute approximate surface area is 92.9 Å². The van der Waals surface area contributed by atoms with Gasteiger partial charge in [-0.05, 0) is 12.1 Å². The summed E-state index contributed by atoms with van der Waals surface area (Å²) in [5.74, 6) is 0. The molecule has 0 radical (unpaired) electrons. The Bertz CT molecular complexity index is 618. The monoisotopic (exact) mass is 241 g/mol. The quantitative estimate of drug-likeness (QED) is 0.836. The molecule has 0 unspecified atom stereocenters. The van der Waals surface area contributed by atoms with Crippen LogP contribution in [0, 0.1) is 0 Å². The number of hydrogen-bond donors (Lipinski definition) is 1. The molecular formula is C9H11N3O3S. The number of aryl methyl sites for hydroxylation is 1. The van der Waals surface area contributed by atoms with Crippen molar-refractivity contribution in [1.82, 2.24) is 9.55 Å². The molecule has 0 aliphatic heterocycles. The van der Waals surface area contributed by atoms with Crippen LogP contribution in [0.15, 0.2) is 24.5 Å². The zero-order chi connectivity index (χ0) is 11.8. The molecule has 86 valence electrons. The Morgan fingerprint density at radius 3 is 3.00 bits per heavy atom. The van der Waals surface area contributed by atoms with Crippen molar-refractivity contribution >= 4 is 21.3 Å². The first-order valence-electron chi connectivity index (χ1n) is 4.53. The highest BCUT2D eigenvalue weighted by Gasteiger charge is 2.10. The summed E-state index contributed by atoms with van der Waals surface area (Å²) in [5.41, 5.74) is 1.51. The molecule has 2 rings (SSSR count). The summed E-state index contributed by atoms with van der Waals surface area (Å²) in [6, 6.07) is 3.63. The van der Waals surface area contributed by atoms with Crippen molar-refractivity contribution in [3.8, 4) is 0 Å². The van der Waals surface area contributed by atoms with Gasteiger partial charge in [-0.2, -0.15) is 8.42 Å². The van der Waals surface area contributed by atoms with Gasteiger partial charge in [-0.25, -0.2) is 10.1 Å². The van der Waals surface area contributed by atoms with E-state index < -0.39 is 10.3 Å². The van der Waals surface area contributed by atoms with Gasteiger partial charge >= 0.3 is 10.3 Å². The average Bonchev–Trinajstić information content (AvgIpc) is 2.53.